The SMILES string of the molecule is CC1(C(=O)O)CCCN1C(=O)CC1CSCCN1. The molecule has 2 N–H and O–H groups in total. The van der Waals surface area contributed by atoms with Crippen molar-refractivity contribution in [1.29, 1.82) is 0 Å². The van der Waals surface area contributed by atoms with Gasteiger partial charge in [-0.05, 0) is 19.8 Å². The standard InChI is InChI=1S/C12H20N2O3S/c1-12(11(16)17)3-2-5-14(12)10(15)7-9-8-18-6-4-13-9/h9,13H,2-8H2,1H3,(H,16,17). The van der Waals surface area contributed by atoms with E-state index in [9.17, 15) is 14.7 Å². The van der Waals surface area contributed by atoms with Crippen molar-refractivity contribution in [3.63, 3.8) is 0 Å². The Hall–Kier alpha value is -0.750. The van der Waals surface area contributed by atoms with E-state index in [0.717, 1.165) is 24.5 Å². The Morgan fingerprint density at radius 2 is 2.33 bits per heavy atom. The fourth-order valence-corrected chi connectivity index (χ4v) is 3.61. The Labute approximate surface area is 111 Å². The first kappa shape index (κ1) is 13.7. The van der Waals surface area contributed by atoms with E-state index < -0.39 is 11.5 Å². The van der Waals surface area contributed by atoms with Crippen molar-refractivity contribution in [2.75, 3.05) is 24.6 Å². The first-order valence-electron chi connectivity index (χ1n) is 6.39. The van der Waals surface area contributed by atoms with Gasteiger partial charge in [0.2, 0.25) is 5.91 Å². The maximum atomic E-state index is 12.2. The fraction of sp³-hybridized carbons (Fsp3) is 0.833. The minimum Gasteiger partial charge on any atom is -0.480 e. The number of aliphatic carboxylic acids is 1. The summed E-state index contributed by atoms with van der Waals surface area (Å²) in [5.41, 5.74) is -1.00. The normalized spacial score (nSPS) is 32.5. The summed E-state index contributed by atoms with van der Waals surface area (Å²) in [5.74, 6) is 1.10. The molecule has 0 spiro atoms. The molecule has 0 aliphatic carbocycles. The monoisotopic (exact) mass is 272 g/mol. The van der Waals surface area contributed by atoms with Crippen molar-refractivity contribution < 1.29 is 14.7 Å². The largest absolute Gasteiger partial charge is 0.480 e. The maximum absolute atomic E-state index is 12.2. The van der Waals surface area contributed by atoms with E-state index in [1.165, 1.54) is 0 Å². The summed E-state index contributed by atoms with van der Waals surface area (Å²) in [6, 6.07) is 0.190. The Kier molecular flexibility index (Phi) is 4.17. The van der Waals surface area contributed by atoms with Gasteiger partial charge in [-0.2, -0.15) is 11.8 Å². The van der Waals surface area contributed by atoms with Gasteiger partial charge >= 0.3 is 5.97 Å². The molecule has 2 aliphatic heterocycles. The third kappa shape index (κ3) is 2.64. The number of carboxylic acid groups (broad SMARTS) is 1. The lowest BCUT2D eigenvalue weighted by molar-refractivity contribution is -0.155. The second-order valence-electron chi connectivity index (χ2n) is 5.16. The van der Waals surface area contributed by atoms with Gasteiger partial charge in [-0.25, -0.2) is 4.79 Å². The molecule has 0 bridgehead atoms. The molecule has 1 amide bonds. The van der Waals surface area contributed by atoms with Gasteiger partial charge in [0.05, 0.1) is 0 Å². The van der Waals surface area contributed by atoms with E-state index >= 15 is 0 Å². The van der Waals surface area contributed by atoms with Crippen molar-refractivity contribution in [3.05, 3.63) is 0 Å². The molecule has 0 aromatic heterocycles. The summed E-state index contributed by atoms with van der Waals surface area (Å²) in [5, 5.41) is 12.6. The molecule has 5 nitrogen and oxygen atoms in total. The van der Waals surface area contributed by atoms with Crippen LogP contribution in [-0.2, 0) is 9.59 Å². The molecular weight excluding hydrogens is 252 g/mol. The van der Waals surface area contributed by atoms with Crippen molar-refractivity contribution in [2.45, 2.75) is 37.8 Å². The maximum Gasteiger partial charge on any atom is 0.329 e. The second-order valence-corrected chi connectivity index (χ2v) is 6.31. The van der Waals surface area contributed by atoms with Crippen LogP contribution in [0, 0.1) is 0 Å². The molecule has 18 heavy (non-hydrogen) atoms. The first-order chi connectivity index (χ1) is 8.54. The predicted octanol–water partition coefficient (Wildman–Crippen LogP) is 0.547. The molecule has 102 valence electrons. The van der Waals surface area contributed by atoms with E-state index in [-0.39, 0.29) is 11.9 Å². The highest BCUT2D eigenvalue weighted by Gasteiger charge is 2.45. The van der Waals surface area contributed by atoms with E-state index in [0.29, 0.717) is 19.4 Å². The van der Waals surface area contributed by atoms with Crippen molar-refractivity contribution in [1.82, 2.24) is 10.2 Å². The van der Waals surface area contributed by atoms with Gasteiger partial charge in [0, 0.05) is 37.1 Å². The van der Waals surface area contributed by atoms with Crippen LogP contribution in [0.4, 0.5) is 0 Å². The molecule has 0 aromatic carbocycles. The van der Waals surface area contributed by atoms with Crippen LogP contribution in [0.3, 0.4) is 0 Å². The van der Waals surface area contributed by atoms with Gasteiger partial charge in [-0.15, -0.1) is 0 Å². The van der Waals surface area contributed by atoms with Crippen LogP contribution < -0.4 is 5.32 Å². The lowest BCUT2D eigenvalue weighted by atomic mass is 9.98. The first-order valence-corrected chi connectivity index (χ1v) is 7.54. The number of nitrogens with zero attached hydrogens (tertiary/aromatic N) is 1. The topological polar surface area (TPSA) is 69.6 Å². The quantitative estimate of drug-likeness (QED) is 0.785. The van der Waals surface area contributed by atoms with Crippen LogP contribution >= 0.6 is 11.8 Å². The average molecular weight is 272 g/mol. The smallest absolute Gasteiger partial charge is 0.329 e. The van der Waals surface area contributed by atoms with Crippen molar-refractivity contribution in [2.24, 2.45) is 0 Å². The number of hydrogen-bond donors (Lipinski definition) is 2. The Balaban J connectivity index is 1.97. The molecule has 2 fully saturated rings. The van der Waals surface area contributed by atoms with E-state index in [1.807, 2.05) is 11.8 Å². The van der Waals surface area contributed by atoms with Gasteiger partial charge in [0.15, 0.2) is 0 Å². The highest BCUT2D eigenvalue weighted by Crippen LogP contribution is 2.30. The number of thioether (sulfide) groups is 1. The zero-order valence-electron chi connectivity index (χ0n) is 10.6. The van der Waals surface area contributed by atoms with Gasteiger partial charge in [-0.3, -0.25) is 4.79 Å². The van der Waals surface area contributed by atoms with E-state index in [4.69, 9.17) is 0 Å². The lowest BCUT2D eigenvalue weighted by Crippen LogP contribution is -2.52. The summed E-state index contributed by atoms with van der Waals surface area (Å²) < 4.78 is 0. The van der Waals surface area contributed by atoms with Gasteiger partial charge in [0.1, 0.15) is 5.54 Å². The average Bonchev–Trinajstić information content (AvgIpc) is 2.74. The molecule has 0 aromatic rings. The van der Waals surface area contributed by atoms with Crippen LogP contribution in [0.5, 0.6) is 0 Å². The Morgan fingerprint density at radius 3 is 2.94 bits per heavy atom. The Morgan fingerprint density at radius 1 is 1.56 bits per heavy atom. The number of rotatable bonds is 3. The van der Waals surface area contributed by atoms with Crippen LogP contribution in [0.25, 0.3) is 0 Å². The molecule has 2 heterocycles. The van der Waals surface area contributed by atoms with Crippen LogP contribution in [0.2, 0.25) is 0 Å². The van der Waals surface area contributed by atoms with Crippen molar-refractivity contribution in [3.8, 4) is 0 Å². The number of nitrogens with one attached hydrogen (secondary N) is 1. The van der Waals surface area contributed by atoms with Crippen molar-refractivity contribution >= 4 is 23.6 Å². The second kappa shape index (κ2) is 5.48. The Bertz CT molecular complexity index is 344. The van der Waals surface area contributed by atoms with Gasteiger partial charge < -0.3 is 15.3 Å². The summed E-state index contributed by atoms with van der Waals surface area (Å²) >= 11 is 1.84. The summed E-state index contributed by atoms with van der Waals surface area (Å²) in [6.07, 6.45) is 1.75. The number of carbonyl (C=O) groups excluding carboxylic acids is 1. The number of hydrogen-bond acceptors (Lipinski definition) is 4. The third-order valence-electron chi connectivity index (χ3n) is 3.82. The molecule has 2 saturated heterocycles. The molecule has 2 rings (SSSR count). The zero-order chi connectivity index (χ0) is 13.2. The molecule has 0 radical (unpaired) electrons. The van der Waals surface area contributed by atoms with Gasteiger partial charge in [0.25, 0.3) is 0 Å². The fourth-order valence-electron chi connectivity index (χ4n) is 2.66. The highest BCUT2D eigenvalue weighted by molar-refractivity contribution is 7.99. The summed E-state index contributed by atoms with van der Waals surface area (Å²) in [4.78, 5) is 25.1. The number of carboxylic acids is 1. The molecule has 2 aliphatic rings. The van der Waals surface area contributed by atoms with Crippen LogP contribution in [0.1, 0.15) is 26.2 Å². The van der Waals surface area contributed by atoms with E-state index in [1.54, 1.807) is 11.8 Å². The molecule has 6 heteroatoms. The lowest BCUT2D eigenvalue weighted by Gasteiger charge is -2.33. The highest BCUT2D eigenvalue weighted by atomic mass is 32.2. The molecule has 0 saturated carbocycles. The number of likely N-dealkylation sites (tertiary alicyclic amines) is 1. The predicted molar refractivity (Wildman–Crippen MR) is 70.7 cm³/mol. The molecule has 2 atom stereocenters. The zero-order valence-corrected chi connectivity index (χ0v) is 11.5. The summed E-state index contributed by atoms with van der Waals surface area (Å²) in [7, 11) is 0. The van der Waals surface area contributed by atoms with Gasteiger partial charge in [-0.1, -0.05) is 0 Å². The summed E-state index contributed by atoms with van der Waals surface area (Å²) in [6.45, 7) is 3.16. The van der Waals surface area contributed by atoms with Crippen LogP contribution in [-0.4, -0.2) is 58.1 Å². The number of amides is 1. The minimum atomic E-state index is -1.00. The number of carbonyl (C=O) groups is 2. The molecular formula is C12H20N2O3S. The molecule has 2 unspecified atom stereocenters. The third-order valence-corrected chi connectivity index (χ3v) is 4.95. The van der Waals surface area contributed by atoms with Crippen LogP contribution in [0.15, 0.2) is 0 Å². The van der Waals surface area contributed by atoms with E-state index in [2.05, 4.69) is 5.32 Å². The minimum absolute atomic E-state index is 0.0302.